The number of benzene rings is 2. The second kappa shape index (κ2) is 8.86. The van der Waals surface area contributed by atoms with E-state index in [4.69, 9.17) is 10.1 Å². The van der Waals surface area contributed by atoms with Crippen LogP contribution in [0.4, 0.5) is 0 Å². The molecule has 4 aromatic rings. The molecule has 158 valence electrons. The first-order valence-corrected chi connectivity index (χ1v) is 11.2. The summed E-state index contributed by atoms with van der Waals surface area (Å²) in [5.74, 6) is -0.193. The minimum absolute atomic E-state index is 0.0167. The number of aliphatic carboxylic acids is 1. The van der Waals surface area contributed by atoms with Crippen molar-refractivity contribution in [2.45, 2.75) is 39.7 Å². The number of carbonyl (C=O) groups is 1. The summed E-state index contributed by atoms with van der Waals surface area (Å²) in [5.41, 5.74) is 5.18. The third kappa shape index (κ3) is 4.44. The Balaban J connectivity index is 1.85. The zero-order chi connectivity index (χ0) is 22.0. The van der Waals surface area contributed by atoms with Gasteiger partial charge in [-0.2, -0.15) is 0 Å². The quantitative estimate of drug-likeness (QED) is 0.436. The van der Waals surface area contributed by atoms with Gasteiger partial charge in [0.1, 0.15) is 10.7 Å². The molecule has 1 N–H and O–H groups in total. The van der Waals surface area contributed by atoms with Crippen LogP contribution < -0.4 is 5.56 Å². The average Bonchev–Trinajstić information content (AvgIpc) is 3.14. The molecule has 5 nitrogen and oxygen atoms in total. The summed E-state index contributed by atoms with van der Waals surface area (Å²) in [6.45, 7) is 4.43. The van der Waals surface area contributed by atoms with E-state index in [-0.39, 0.29) is 12.0 Å². The lowest BCUT2D eigenvalue weighted by Crippen LogP contribution is -2.26. The van der Waals surface area contributed by atoms with Crippen molar-refractivity contribution >= 4 is 27.5 Å². The minimum atomic E-state index is -0.863. The number of hydrogen-bond acceptors (Lipinski definition) is 4. The SMILES string of the molecule is Cc1ccc(-c2csc3nc(Cc4ccccc4)n(CCCC(=O)O)c(=O)c23)c(C)c1. The van der Waals surface area contributed by atoms with E-state index in [1.165, 1.54) is 16.9 Å². The molecule has 0 radical (unpaired) electrons. The van der Waals surface area contributed by atoms with Gasteiger partial charge in [0.25, 0.3) is 5.56 Å². The van der Waals surface area contributed by atoms with Gasteiger partial charge in [-0.1, -0.05) is 54.1 Å². The lowest BCUT2D eigenvalue weighted by atomic mass is 9.99. The Hall–Kier alpha value is -3.25. The lowest BCUT2D eigenvalue weighted by Gasteiger charge is -2.13. The van der Waals surface area contributed by atoms with E-state index in [1.54, 1.807) is 4.57 Å². The molecule has 2 aromatic carbocycles. The number of aryl methyl sites for hydroxylation is 2. The van der Waals surface area contributed by atoms with Crippen molar-refractivity contribution < 1.29 is 9.90 Å². The van der Waals surface area contributed by atoms with Crippen LogP contribution in [0.5, 0.6) is 0 Å². The number of carboxylic acids is 1. The van der Waals surface area contributed by atoms with Crippen LogP contribution in [-0.2, 0) is 17.8 Å². The fraction of sp³-hybridized carbons (Fsp3) is 0.240. The monoisotopic (exact) mass is 432 g/mol. The third-order valence-corrected chi connectivity index (χ3v) is 6.29. The van der Waals surface area contributed by atoms with Gasteiger partial charge in [0.15, 0.2) is 0 Å². The number of fused-ring (bicyclic) bond motifs is 1. The van der Waals surface area contributed by atoms with Crippen LogP contribution in [0, 0.1) is 13.8 Å². The Bertz CT molecular complexity index is 1310. The Morgan fingerprint density at radius 1 is 1.10 bits per heavy atom. The zero-order valence-corrected chi connectivity index (χ0v) is 18.4. The van der Waals surface area contributed by atoms with Gasteiger partial charge in [-0.3, -0.25) is 14.2 Å². The van der Waals surface area contributed by atoms with Crippen LogP contribution in [0.25, 0.3) is 21.3 Å². The van der Waals surface area contributed by atoms with Crippen molar-refractivity contribution in [2.75, 3.05) is 0 Å². The van der Waals surface area contributed by atoms with E-state index < -0.39 is 5.97 Å². The lowest BCUT2D eigenvalue weighted by molar-refractivity contribution is -0.137. The Morgan fingerprint density at radius 2 is 1.87 bits per heavy atom. The van der Waals surface area contributed by atoms with Crippen molar-refractivity contribution in [3.05, 3.63) is 86.8 Å². The van der Waals surface area contributed by atoms with Crippen molar-refractivity contribution in [1.82, 2.24) is 9.55 Å². The standard InChI is InChI=1S/C25H24N2O3S/c1-16-10-11-19(17(2)13-16)20-15-31-24-23(20)25(30)27(12-6-9-22(28)29)21(26-24)14-18-7-4-3-5-8-18/h3-5,7-8,10-11,13,15H,6,9,12,14H2,1-2H3,(H,28,29). The first-order valence-electron chi connectivity index (χ1n) is 10.3. The summed E-state index contributed by atoms with van der Waals surface area (Å²) in [6.07, 6.45) is 0.923. The topological polar surface area (TPSA) is 72.2 Å². The zero-order valence-electron chi connectivity index (χ0n) is 17.6. The summed E-state index contributed by atoms with van der Waals surface area (Å²) < 4.78 is 1.66. The fourth-order valence-electron chi connectivity index (χ4n) is 3.91. The predicted molar refractivity (Wildman–Crippen MR) is 125 cm³/mol. The molecule has 6 heteroatoms. The smallest absolute Gasteiger partial charge is 0.303 e. The number of rotatable bonds is 7. The molecule has 2 aromatic heterocycles. The third-order valence-electron chi connectivity index (χ3n) is 5.42. The maximum absolute atomic E-state index is 13.6. The van der Waals surface area contributed by atoms with Crippen molar-refractivity contribution in [3.8, 4) is 11.1 Å². The van der Waals surface area contributed by atoms with Gasteiger partial charge < -0.3 is 5.11 Å². The molecule has 0 bridgehead atoms. The first kappa shape index (κ1) is 21.0. The van der Waals surface area contributed by atoms with Gasteiger partial charge in [-0.15, -0.1) is 11.3 Å². The van der Waals surface area contributed by atoms with Crippen molar-refractivity contribution in [3.63, 3.8) is 0 Å². The summed E-state index contributed by atoms with van der Waals surface area (Å²) in [5, 5.41) is 11.7. The molecule has 31 heavy (non-hydrogen) atoms. The fourth-order valence-corrected chi connectivity index (χ4v) is 4.86. The molecule has 0 atom stereocenters. The normalized spacial score (nSPS) is 11.2. The van der Waals surface area contributed by atoms with Crippen molar-refractivity contribution in [1.29, 1.82) is 0 Å². The van der Waals surface area contributed by atoms with E-state index >= 15 is 0 Å². The molecule has 0 amide bonds. The molecule has 0 aliphatic rings. The largest absolute Gasteiger partial charge is 0.481 e. The van der Waals surface area contributed by atoms with Gasteiger partial charge in [0.2, 0.25) is 0 Å². The molecular weight excluding hydrogens is 408 g/mol. The molecule has 0 spiro atoms. The van der Waals surface area contributed by atoms with E-state index in [1.807, 2.05) is 35.7 Å². The Labute approximate surface area is 184 Å². The van der Waals surface area contributed by atoms with Gasteiger partial charge in [0.05, 0.1) is 5.39 Å². The molecule has 0 fully saturated rings. The molecule has 0 aliphatic carbocycles. The second-order valence-electron chi connectivity index (χ2n) is 7.79. The number of carboxylic acid groups (broad SMARTS) is 1. The summed E-state index contributed by atoms with van der Waals surface area (Å²) >= 11 is 1.48. The highest BCUT2D eigenvalue weighted by Crippen LogP contribution is 2.33. The summed E-state index contributed by atoms with van der Waals surface area (Å²) in [4.78, 5) is 30.2. The molecule has 0 unspecified atom stereocenters. The van der Waals surface area contributed by atoms with Crippen LogP contribution in [0.2, 0.25) is 0 Å². The van der Waals surface area contributed by atoms with Crippen LogP contribution in [0.15, 0.2) is 58.7 Å². The second-order valence-corrected chi connectivity index (χ2v) is 8.65. The van der Waals surface area contributed by atoms with Gasteiger partial charge in [-0.25, -0.2) is 4.98 Å². The summed E-state index contributed by atoms with van der Waals surface area (Å²) in [6, 6.07) is 16.1. The average molecular weight is 433 g/mol. The maximum Gasteiger partial charge on any atom is 0.303 e. The number of nitrogens with zero attached hydrogens (tertiary/aromatic N) is 2. The van der Waals surface area contributed by atoms with E-state index in [9.17, 15) is 9.59 Å². The van der Waals surface area contributed by atoms with E-state index in [0.717, 1.165) is 27.1 Å². The highest BCUT2D eigenvalue weighted by Gasteiger charge is 2.18. The Morgan fingerprint density at radius 3 is 2.58 bits per heavy atom. The summed E-state index contributed by atoms with van der Waals surface area (Å²) in [7, 11) is 0. The highest BCUT2D eigenvalue weighted by molar-refractivity contribution is 7.17. The number of aromatic nitrogens is 2. The molecule has 2 heterocycles. The van der Waals surface area contributed by atoms with Crippen molar-refractivity contribution in [2.24, 2.45) is 0 Å². The van der Waals surface area contributed by atoms with Crippen LogP contribution in [0.3, 0.4) is 0 Å². The highest BCUT2D eigenvalue weighted by atomic mass is 32.1. The van der Waals surface area contributed by atoms with Crippen LogP contribution in [-0.4, -0.2) is 20.6 Å². The minimum Gasteiger partial charge on any atom is -0.481 e. The molecule has 4 rings (SSSR count). The van der Waals surface area contributed by atoms with Gasteiger partial charge >= 0.3 is 5.97 Å². The molecule has 0 saturated carbocycles. The van der Waals surface area contributed by atoms with E-state index in [2.05, 4.69) is 32.0 Å². The van der Waals surface area contributed by atoms with Gasteiger partial charge in [-0.05, 0) is 37.0 Å². The molecule has 0 aliphatic heterocycles. The molecule has 0 saturated heterocycles. The number of hydrogen-bond donors (Lipinski definition) is 1. The number of thiophene rings is 1. The maximum atomic E-state index is 13.6. The van der Waals surface area contributed by atoms with Gasteiger partial charge in [0, 0.05) is 30.3 Å². The predicted octanol–water partition coefficient (Wildman–Crippen LogP) is 5.20. The first-order chi connectivity index (χ1) is 14.9. The Kier molecular flexibility index (Phi) is 6.00. The van der Waals surface area contributed by atoms with E-state index in [0.29, 0.717) is 30.6 Å². The van der Waals surface area contributed by atoms with Crippen LogP contribution in [0.1, 0.15) is 35.4 Å². The molecular formula is C25H24N2O3S. The van der Waals surface area contributed by atoms with Crippen LogP contribution >= 0.6 is 11.3 Å².